The molecular formula is C11H12N2OS. The normalized spacial score (nSPS) is 10.5. The minimum atomic E-state index is 0.760. The summed E-state index contributed by atoms with van der Waals surface area (Å²) in [6.07, 6.45) is 3.79. The number of aromatic nitrogens is 2. The third kappa shape index (κ3) is 1.85. The molecule has 2 rings (SSSR count). The molecule has 0 aromatic carbocycles. The van der Waals surface area contributed by atoms with E-state index < -0.39 is 0 Å². The molecule has 0 unspecified atom stereocenters. The minimum Gasteiger partial charge on any atom is -0.297 e. The molecule has 4 heteroatoms. The van der Waals surface area contributed by atoms with Crippen LogP contribution < -0.4 is 0 Å². The van der Waals surface area contributed by atoms with E-state index >= 15 is 0 Å². The van der Waals surface area contributed by atoms with Gasteiger partial charge in [0.15, 0.2) is 6.29 Å². The second-order valence-electron chi connectivity index (χ2n) is 3.34. The highest BCUT2D eigenvalue weighted by Crippen LogP contribution is 2.29. The largest absolute Gasteiger partial charge is 0.297 e. The average molecular weight is 220 g/mol. The van der Waals surface area contributed by atoms with E-state index in [1.54, 1.807) is 0 Å². The molecule has 0 atom stereocenters. The summed E-state index contributed by atoms with van der Waals surface area (Å²) in [4.78, 5) is 12.5. The van der Waals surface area contributed by atoms with E-state index in [-0.39, 0.29) is 0 Å². The van der Waals surface area contributed by atoms with Crippen LogP contribution in [0, 0.1) is 0 Å². The Hall–Kier alpha value is -1.42. The summed E-state index contributed by atoms with van der Waals surface area (Å²) in [5.41, 5.74) is 2.22. The summed E-state index contributed by atoms with van der Waals surface area (Å²) in [6, 6.07) is 3.82. The molecule has 3 nitrogen and oxygen atoms in total. The fraction of sp³-hybridized carbons (Fsp3) is 0.273. The number of hydrogen-bond acceptors (Lipinski definition) is 3. The molecule has 0 fully saturated rings. The molecule has 0 amide bonds. The molecule has 2 aromatic heterocycles. The van der Waals surface area contributed by atoms with Gasteiger partial charge in [-0.3, -0.25) is 9.48 Å². The average Bonchev–Trinajstić information content (AvgIpc) is 2.82. The first-order valence-corrected chi connectivity index (χ1v) is 5.64. The second-order valence-corrected chi connectivity index (χ2v) is 4.45. The fourth-order valence-electron chi connectivity index (χ4n) is 1.56. The van der Waals surface area contributed by atoms with Crippen LogP contribution in [-0.4, -0.2) is 16.1 Å². The first kappa shape index (κ1) is 10.1. The number of thiophene rings is 1. The summed E-state index contributed by atoms with van der Waals surface area (Å²) in [7, 11) is 1.91. The molecule has 0 saturated heterocycles. The van der Waals surface area contributed by atoms with Gasteiger partial charge in [0.25, 0.3) is 0 Å². The van der Waals surface area contributed by atoms with E-state index in [4.69, 9.17) is 0 Å². The van der Waals surface area contributed by atoms with Crippen LogP contribution in [0.1, 0.15) is 22.3 Å². The van der Waals surface area contributed by atoms with Crippen molar-refractivity contribution in [1.29, 1.82) is 0 Å². The van der Waals surface area contributed by atoms with Crippen molar-refractivity contribution in [3.8, 4) is 10.4 Å². The Kier molecular flexibility index (Phi) is 2.68. The van der Waals surface area contributed by atoms with Gasteiger partial charge in [-0.15, -0.1) is 11.3 Å². The Morgan fingerprint density at radius 2 is 2.33 bits per heavy atom. The summed E-state index contributed by atoms with van der Waals surface area (Å²) in [5, 5.41) is 4.38. The van der Waals surface area contributed by atoms with Crippen molar-refractivity contribution < 1.29 is 4.79 Å². The summed E-state index contributed by atoms with van der Waals surface area (Å²) < 4.78 is 1.81. The quantitative estimate of drug-likeness (QED) is 0.745. The predicted molar refractivity (Wildman–Crippen MR) is 61.3 cm³/mol. The number of carbonyl (C=O) groups excluding carboxylic acids is 1. The van der Waals surface area contributed by atoms with E-state index in [9.17, 15) is 4.79 Å². The molecule has 2 heterocycles. The Bertz CT molecular complexity index is 484. The Labute approximate surface area is 92.4 Å². The molecule has 0 saturated carbocycles. The van der Waals surface area contributed by atoms with Gasteiger partial charge in [-0.1, -0.05) is 6.92 Å². The SMILES string of the molecule is CCc1nn(C)cc1-c1ccc(C=O)s1. The first-order valence-electron chi connectivity index (χ1n) is 4.82. The lowest BCUT2D eigenvalue weighted by molar-refractivity contribution is 0.112. The van der Waals surface area contributed by atoms with Gasteiger partial charge in [-0.25, -0.2) is 0 Å². The van der Waals surface area contributed by atoms with Gasteiger partial charge in [-0.05, 0) is 18.6 Å². The molecule has 78 valence electrons. The standard InChI is InChI=1S/C11H12N2OS/c1-3-10-9(6-13(2)12-10)11-5-4-8(7-14)15-11/h4-7H,3H2,1-2H3. The molecule has 2 aromatic rings. The van der Waals surface area contributed by atoms with Gasteiger partial charge in [0.2, 0.25) is 0 Å². The summed E-state index contributed by atoms with van der Waals surface area (Å²) in [6.45, 7) is 2.08. The lowest BCUT2D eigenvalue weighted by Gasteiger charge is -1.93. The van der Waals surface area contributed by atoms with Crippen LogP contribution in [0.3, 0.4) is 0 Å². The van der Waals surface area contributed by atoms with Crippen LogP contribution in [0.4, 0.5) is 0 Å². The summed E-state index contributed by atoms with van der Waals surface area (Å²) >= 11 is 1.51. The zero-order valence-electron chi connectivity index (χ0n) is 8.73. The first-order chi connectivity index (χ1) is 7.24. The Morgan fingerprint density at radius 1 is 1.53 bits per heavy atom. The number of rotatable bonds is 3. The summed E-state index contributed by atoms with van der Waals surface area (Å²) in [5.74, 6) is 0. The van der Waals surface area contributed by atoms with Crippen molar-refractivity contribution in [2.75, 3.05) is 0 Å². The molecule has 0 aliphatic heterocycles. The topological polar surface area (TPSA) is 34.9 Å². The zero-order chi connectivity index (χ0) is 10.8. The maximum Gasteiger partial charge on any atom is 0.160 e. The number of hydrogen-bond donors (Lipinski definition) is 0. The van der Waals surface area contributed by atoms with E-state index in [1.165, 1.54) is 11.3 Å². The van der Waals surface area contributed by atoms with E-state index in [0.29, 0.717) is 0 Å². The molecule has 0 N–H and O–H groups in total. The monoisotopic (exact) mass is 220 g/mol. The smallest absolute Gasteiger partial charge is 0.160 e. The van der Waals surface area contributed by atoms with E-state index in [1.807, 2.05) is 30.1 Å². The van der Waals surface area contributed by atoms with E-state index in [0.717, 1.165) is 33.7 Å². The Morgan fingerprint density at radius 3 is 2.93 bits per heavy atom. The van der Waals surface area contributed by atoms with Crippen LogP contribution in [0.5, 0.6) is 0 Å². The van der Waals surface area contributed by atoms with Crippen molar-refractivity contribution in [3.63, 3.8) is 0 Å². The van der Waals surface area contributed by atoms with Crippen molar-refractivity contribution in [2.24, 2.45) is 7.05 Å². The van der Waals surface area contributed by atoms with Gasteiger partial charge >= 0.3 is 0 Å². The third-order valence-corrected chi connectivity index (χ3v) is 3.29. The van der Waals surface area contributed by atoms with Gasteiger partial charge in [0.1, 0.15) is 0 Å². The maximum atomic E-state index is 10.6. The molecular weight excluding hydrogens is 208 g/mol. The van der Waals surface area contributed by atoms with Crippen LogP contribution in [-0.2, 0) is 13.5 Å². The van der Waals surface area contributed by atoms with Crippen LogP contribution in [0.25, 0.3) is 10.4 Å². The van der Waals surface area contributed by atoms with Gasteiger partial charge in [0, 0.05) is 23.7 Å². The molecule has 0 bridgehead atoms. The molecule has 0 aliphatic rings. The third-order valence-electron chi connectivity index (χ3n) is 2.25. The lowest BCUT2D eigenvalue weighted by Crippen LogP contribution is -1.88. The highest BCUT2D eigenvalue weighted by molar-refractivity contribution is 7.17. The number of aldehydes is 1. The minimum absolute atomic E-state index is 0.760. The highest BCUT2D eigenvalue weighted by atomic mass is 32.1. The van der Waals surface area contributed by atoms with Crippen molar-refractivity contribution >= 4 is 17.6 Å². The maximum absolute atomic E-state index is 10.6. The van der Waals surface area contributed by atoms with Crippen LogP contribution in [0.15, 0.2) is 18.3 Å². The molecule has 15 heavy (non-hydrogen) atoms. The van der Waals surface area contributed by atoms with Crippen molar-refractivity contribution in [3.05, 3.63) is 28.9 Å². The molecule has 0 aliphatic carbocycles. The molecule has 0 radical (unpaired) electrons. The van der Waals surface area contributed by atoms with Crippen LogP contribution in [0.2, 0.25) is 0 Å². The second kappa shape index (κ2) is 3.98. The zero-order valence-corrected chi connectivity index (χ0v) is 9.54. The number of carbonyl (C=O) groups is 1. The van der Waals surface area contributed by atoms with Gasteiger partial charge < -0.3 is 0 Å². The van der Waals surface area contributed by atoms with Crippen LogP contribution >= 0.6 is 11.3 Å². The number of aryl methyl sites for hydroxylation is 2. The van der Waals surface area contributed by atoms with E-state index in [2.05, 4.69) is 12.0 Å². The fourth-order valence-corrected chi connectivity index (χ4v) is 2.42. The van der Waals surface area contributed by atoms with Gasteiger partial charge in [0.05, 0.1) is 10.6 Å². The van der Waals surface area contributed by atoms with Crippen molar-refractivity contribution in [1.82, 2.24) is 9.78 Å². The predicted octanol–water partition coefficient (Wildman–Crippen LogP) is 2.52. The van der Waals surface area contributed by atoms with Gasteiger partial charge in [-0.2, -0.15) is 5.10 Å². The molecule has 0 spiro atoms. The van der Waals surface area contributed by atoms with Crippen molar-refractivity contribution in [2.45, 2.75) is 13.3 Å². The lowest BCUT2D eigenvalue weighted by atomic mass is 10.2. The number of nitrogens with zero attached hydrogens (tertiary/aromatic N) is 2. The highest BCUT2D eigenvalue weighted by Gasteiger charge is 2.10. The Balaban J connectivity index is 2.47.